The Labute approximate surface area is 119 Å². The number of hydrogen-bond acceptors (Lipinski definition) is 4. The van der Waals surface area contributed by atoms with Crippen molar-refractivity contribution >= 4 is 5.91 Å². The Balaban J connectivity index is 2.88. The van der Waals surface area contributed by atoms with Crippen LogP contribution in [-0.4, -0.2) is 58.5 Å². The van der Waals surface area contributed by atoms with E-state index >= 15 is 0 Å². The summed E-state index contributed by atoms with van der Waals surface area (Å²) >= 11 is 0. The van der Waals surface area contributed by atoms with Crippen molar-refractivity contribution in [1.82, 2.24) is 9.88 Å². The third-order valence-corrected chi connectivity index (χ3v) is 2.32. The zero-order valence-electron chi connectivity index (χ0n) is 10.9. The second-order valence-corrected chi connectivity index (χ2v) is 3.96. The number of hydrogen-bond donors (Lipinski definition) is 2. The van der Waals surface area contributed by atoms with Gasteiger partial charge in [0.15, 0.2) is 0 Å². The van der Waals surface area contributed by atoms with Crippen LogP contribution in [0.3, 0.4) is 0 Å². The van der Waals surface area contributed by atoms with Crippen molar-refractivity contribution < 1.29 is 28.2 Å². The molecule has 0 radical (unpaired) electrons. The van der Waals surface area contributed by atoms with E-state index in [-0.39, 0.29) is 12.3 Å². The Hall–Kier alpha value is -2.11. The number of aromatic nitrogens is 1. The minimum absolute atomic E-state index is 0.178. The van der Waals surface area contributed by atoms with E-state index < -0.39 is 31.8 Å². The highest BCUT2D eigenvalue weighted by atomic mass is 19.4. The van der Waals surface area contributed by atoms with E-state index in [1.807, 2.05) is 0 Å². The molecule has 21 heavy (non-hydrogen) atoms. The first-order valence-corrected chi connectivity index (χ1v) is 5.90. The first kappa shape index (κ1) is 16.9. The average molecular weight is 302 g/mol. The van der Waals surface area contributed by atoms with Crippen LogP contribution in [0.1, 0.15) is 16.1 Å². The van der Waals surface area contributed by atoms with E-state index in [1.54, 1.807) is 0 Å². The molecule has 0 saturated carbocycles. The Bertz CT molecular complexity index is 532. The van der Waals surface area contributed by atoms with Gasteiger partial charge in [0, 0.05) is 18.3 Å². The van der Waals surface area contributed by atoms with Crippen molar-refractivity contribution in [3.05, 3.63) is 29.6 Å². The Morgan fingerprint density at radius 3 is 2.52 bits per heavy atom. The summed E-state index contributed by atoms with van der Waals surface area (Å²) in [5, 5.41) is 17.3. The van der Waals surface area contributed by atoms with Crippen molar-refractivity contribution in [1.29, 1.82) is 0 Å². The third kappa shape index (κ3) is 5.81. The van der Waals surface area contributed by atoms with Gasteiger partial charge in [-0.2, -0.15) is 13.2 Å². The standard InChI is InChI=1S/C13H13F3N2O3/c14-13(15,16)9-18(5-7-20)12(21)11-4-3-10(8-17-11)2-1-6-19/h3-4,8,19-20H,5-7,9H2. The number of carbonyl (C=O) groups excluding carboxylic acids is 1. The summed E-state index contributed by atoms with van der Waals surface area (Å²) in [6, 6.07) is 2.65. The fourth-order valence-corrected chi connectivity index (χ4v) is 1.49. The first-order chi connectivity index (χ1) is 9.87. The van der Waals surface area contributed by atoms with Crippen LogP contribution in [0.2, 0.25) is 0 Å². The maximum atomic E-state index is 12.4. The molecule has 0 spiro atoms. The summed E-state index contributed by atoms with van der Waals surface area (Å²) < 4.78 is 37.1. The number of aliphatic hydroxyl groups is 2. The van der Waals surface area contributed by atoms with Gasteiger partial charge in [0.2, 0.25) is 0 Å². The van der Waals surface area contributed by atoms with Gasteiger partial charge in [-0.15, -0.1) is 0 Å². The first-order valence-electron chi connectivity index (χ1n) is 5.90. The Morgan fingerprint density at radius 2 is 2.05 bits per heavy atom. The van der Waals surface area contributed by atoms with Crippen molar-refractivity contribution in [3.63, 3.8) is 0 Å². The van der Waals surface area contributed by atoms with Crippen LogP contribution in [-0.2, 0) is 0 Å². The number of amides is 1. The fraction of sp³-hybridized carbons (Fsp3) is 0.385. The molecule has 0 aliphatic carbocycles. The molecule has 5 nitrogen and oxygen atoms in total. The normalized spacial score (nSPS) is 10.7. The zero-order chi connectivity index (χ0) is 15.9. The van der Waals surface area contributed by atoms with Crippen molar-refractivity contribution in [2.75, 3.05) is 26.3 Å². The summed E-state index contributed by atoms with van der Waals surface area (Å²) in [6.07, 6.45) is -3.34. The predicted octanol–water partition coefficient (Wildman–Crippen LogP) is 0.422. The summed E-state index contributed by atoms with van der Waals surface area (Å²) in [4.78, 5) is 16.1. The second kappa shape index (κ2) is 7.61. The molecule has 0 atom stereocenters. The quantitative estimate of drug-likeness (QED) is 0.791. The van der Waals surface area contributed by atoms with Crippen LogP contribution < -0.4 is 0 Å². The lowest BCUT2D eigenvalue weighted by Gasteiger charge is -2.22. The van der Waals surface area contributed by atoms with Crippen LogP contribution in [0, 0.1) is 11.8 Å². The predicted molar refractivity (Wildman–Crippen MR) is 67.2 cm³/mol. The number of alkyl halides is 3. The topological polar surface area (TPSA) is 73.7 Å². The van der Waals surface area contributed by atoms with E-state index in [0.29, 0.717) is 10.5 Å². The van der Waals surface area contributed by atoms with Gasteiger partial charge < -0.3 is 15.1 Å². The molecule has 1 aromatic heterocycles. The molecule has 0 saturated heterocycles. The highest BCUT2D eigenvalue weighted by molar-refractivity contribution is 5.92. The minimum atomic E-state index is -4.56. The molecule has 1 heterocycles. The van der Waals surface area contributed by atoms with E-state index in [2.05, 4.69) is 16.8 Å². The van der Waals surface area contributed by atoms with Crippen LogP contribution in [0.5, 0.6) is 0 Å². The van der Waals surface area contributed by atoms with Crippen molar-refractivity contribution in [2.45, 2.75) is 6.18 Å². The molecular formula is C13H13F3N2O3. The van der Waals surface area contributed by atoms with Crippen LogP contribution in [0.15, 0.2) is 18.3 Å². The second-order valence-electron chi connectivity index (χ2n) is 3.96. The fourth-order valence-electron chi connectivity index (χ4n) is 1.49. The highest BCUT2D eigenvalue weighted by Gasteiger charge is 2.33. The summed E-state index contributed by atoms with van der Waals surface area (Å²) in [5.74, 6) is 3.99. The van der Waals surface area contributed by atoms with Gasteiger partial charge in [-0.3, -0.25) is 4.79 Å². The number of rotatable bonds is 4. The molecule has 1 amide bonds. The van der Waals surface area contributed by atoms with Crippen LogP contribution in [0.25, 0.3) is 0 Å². The number of nitrogens with zero attached hydrogens (tertiary/aromatic N) is 2. The zero-order valence-corrected chi connectivity index (χ0v) is 10.9. The van der Waals surface area contributed by atoms with Gasteiger partial charge in [0.1, 0.15) is 18.8 Å². The number of carbonyl (C=O) groups is 1. The molecule has 0 aromatic carbocycles. The number of halogens is 3. The average Bonchev–Trinajstić information content (AvgIpc) is 2.43. The number of aliphatic hydroxyl groups excluding tert-OH is 2. The summed E-state index contributed by atoms with van der Waals surface area (Å²) in [7, 11) is 0. The molecule has 1 aromatic rings. The molecule has 2 N–H and O–H groups in total. The molecule has 0 aliphatic rings. The Kier molecular flexibility index (Phi) is 6.14. The van der Waals surface area contributed by atoms with E-state index in [4.69, 9.17) is 10.2 Å². The van der Waals surface area contributed by atoms with Crippen molar-refractivity contribution in [3.8, 4) is 11.8 Å². The smallest absolute Gasteiger partial charge is 0.395 e. The lowest BCUT2D eigenvalue weighted by molar-refractivity contribution is -0.141. The van der Waals surface area contributed by atoms with Crippen LogP contribution in [0.4, 0.5) is 13.2 Å². The van der Waals surface area contributed by atoms with E-state index in [0.717, 1.165) is 0 Å². The van der Waals surface area contributed by atoms with Gasteiger partial charge in [-0.1, -0.05) is 11.8 Å². The molecule has 0 aliphatic heterocycles. The van der Waals surface area contributed by atoms with Gasteiger partial charge in [-0.25, -0.2) is 4.98 Å². The lowest BCUT2D eigenvalue weighted by atomic mass is 10.2. The number of pyridine rings is 1. The molecule has 8 heteroatoms. The molecule has 0 unspecified atom stereocenters. The molecular weight excluding hydrogens is 289 g/mol. The Morgan fingerprint density at radius 1 is 1.33 bits per heavy atom. The van der Waals surface area contributed by atoms with Gasteiger partial charge in [0.25, 0.3) is 5.91 Å². The largest absolute Gasteiger partial charge is 0.406 e. The SMILES string of the molecule is O=C(c1ccc(C#CCO)cn1)N(CCO)CC(F)(F)F. The molecule has 0 fully saturated rings. The van der Waals surface area contributed by atoms with Gasteiger partial charge in [0.05, 0.1) is 6.61 Å². The lowest BCUT2D eigenvalue weighted by Crippen LogP contribution is -2.41. The van der Waals surface area contributed by atoms with Gasteiger partial charge in [-0.05, 0) is 12.1 Å². The van der Waals surface area contributed by atoms with E-state index in [1.165, 1.54) is 18.3 Å². The van der Waals surface area contributed by atoms with E-state index in [9.17, 15) is 18.0 Å². The third-order valence-electron chi connectivity index (χ3n) is 2.32. The maximum absolute atomic E-state index is 12.4. The highest BCUT2D eigenvalue weighted by Crippen LogP contribution is 2.17. The summed E-state index contributed by atoms with van der Waals surface area (Å²) in [6.45, 7) is -2.81. The van der Waals surface area contributed by atoms with Crippen LogP contribution >= 0.6 is 0 Å². The van der Waals surface area contributed by atoms with Crippen molar-refractivity contribution in [2.24, 2.45) is 0 Å². The minimum Gasteiger partial charge on any atom is -0.395 e. The monoisotopic (exact) mass is 302 g/mol. The van der Waals surface area contributed by atoms with Gasteiger partial charge >= 0.3 is 6.18 Å². The maximum Gasteiger partial charge on any atom is 0.406 e. The molecule has 0 bridgehead atoms. The summed E-state index contributed by atoms with van der Waals surface area (Å²) in [5.41, 5.74) is 0.243. The molecule has 1 rings (SSSR count). The molecule has 114 valence electrons.